The molecule has 1 aromatic rings. The van der Waals surface area contributed by atoms with Crippen molar-refractivity contribution in [3.63, 3.8) is 0 Å². The van der Waals surface area contributed by atoms with Gasteiger partial charge in [-0.1, -0.05) is 0 Å². The number of halogens is 1. The Morgan fingerprint density at radius 1 is 1.18 bits per heavy atom. The number of hydrogen-bond donors (Lipinski definition) is 0. The van der Waals surface area contributed by atoms with Crippen LogP contribution in [0.2, 0.25) is 0 Å². The first-order valence-corrected chi connectivity index (χ1v) is 6.76. The summed E-state index contributed by atoms with van der Waals surface area (Å²) >= 11 is 5.78. The van der Waals surface area contributed by atoms with Gasteiger partial charge in [0.1, 0.15) is 5.82 Å². The Morgan fingerprint density at radius 3 is 2.59 bits per heavy atom. The van der Waals surface area contributed by atoms with Gasteiger partial charge in [0, 0.05) is 38.4 Å². The molecule has 0 unspecified atom stereocenters. The number of hydrogen-bond acceptors (Lipinski definition) is 4. The van der Waals surface area contributed by atoms with Gasteiger partial charge in [-0.25, -0.2) is 4.98 Å². The summed E-state index contributed by atoms with van der Waals surface area (Å²) in [6.45, 7) is 4.41. The van der Waals surface area contributed by atoms with Crippen molar-refractivity contribution in [1.29, 1.82) is 0 Å². The Balaban J connectivity index is 1.64. The second kappa shape index (κ2) is 4.78. The summed E-state index contributed by atoms with van der Waals surface area (Å²) in [5.41, 5.74) is 0.855. The molecule has 1 saturated heterocycles. The van der Waals surface area contributed by atoms with E-state index in [1.807, 2.05) is 6.20 Å². The van der Waals surface area contributed by atoms with E-state index in [0.717, 1.165) is 43.7 Å². The molecule has 0 spiro atoms. The van der Waals surface area contributed by atoms with E-state index in [0.29, 0.717) is 5.88 Å². The van der Waals surface area contributed by atoms with Gasteiger partial charge in [-0.05, 0) is 12.8 Å². The van der Waals surface area contributed by atoms with E-state index in [1.54, 1.807) is 6.20 Å². The van der Waals surface area contributed by atoms with E-state index in [4.69, 9.17) is 11.6 Å². The van der Waals surface area contributed by atoms with E-state index in [1.165, 1.54) is 12.8 Å². The third kappa shape index (κ3) is 2.53. The zero-order chi connectivity index (χ0) is 11.7. The Labute approximate surface area is 107 Å². The van der Waals surface area contributed by atoms with Gasteiger partial charge >= 0.3 is 0 Å². The quantitative estimate of drug-likeness (QED) is 0.764. The molecule has 1 aliphatic heterocycles. The number of alkyl halides is 1. The van der Waals surface area contributed by atoms with Crippen molar-refractivity contribution < 1.29 is 0 Å². The summed E-state index contributed by atoms with van der Waals surface area (Å²) < 4.78 is 0. The molecule has 3 rings (SSSR count). The summed E-state index contributed by atoms with van der Waals surface area (Å²) in [5, 5.41) is 0. The van der Waals surface area contributed by atoms with Crippen LogP contribution in [0, 0.1) is 0 Å². The van der Waals surface area contributed by atoms with E-state index < -0.39 is 0 Å². The normalized spacial score (nSPS) is 21.8. The Bertz CT molecular complexity index is 386. The largest absolute Gasteiger partial charge is 0.353 e. The molecule has 5 heteroatoms. The SMILES string of the molecule is ClCc1cncc(N2CCN(C3CC3)CC2)n1. The molecule has 17 heavy (non-hydrogen) atoms. The number of piperazine rings is 1. The zero-order valence-corrected chi connectivity index (χ0v) is 10.6. The van der Waals surface area contributed by atoms with Gasteiger partial charge in [0.05, 0.1) is 17.8 Å². The maximum atomic E-state index is 5.78. The van der Waals surface area contributed by atoms with Crippen LogP contribution in [0.15, 0.2) is 12.4 Å². The van der Waals surface area contributed by atoms with Crippen molar-refractivity contribution in [1.82, 2.24) is 14.9 Å². The van der Waals surface area contributed by atoms with Crippen molar-refractivity contribution in [2.24, 2.45) is 0 Å². The lowest BCUT2D eigenvalue weighted by molar-refractivity contribution is 0.247. The summed E-state index contributed by atoms with van der Waals surface area (Å²) in [6, 6.07) is 0.873. The molecule has 1 aliphatic carbocycles. The highest BCUT2D eigenvalue weighted by atomic mass is 35.5. The Hall–Kier alpha value is -0.870. The van der Waals surface area contributed by atoms with Crippen LogP contribution in [0.25, 0.3) is 0 Å². The molecule has 1 aromatic heterocycles. The molecule has 2 fully saturated rings. The highest BCUT2D eigenvalue weighted by molar-refractivity contribution is 6.16. The topological polar surface area (TPSA) is 32.3 Å². The Morgan fingerprint density at radius 2 is 1.94 bits per heavy atom. The molecular formula is C12H17ClN4. The summed E-state index contributed by atoms with van der Waals surface area (Å²) in [6.07, 6.45) is 6.35. The second-order valence-electron chi connectivity index (χ2n) is 4.76. The maximum absolute atomic E-state index is 5.78. The summed E-state index contributed by atoms with van der Waals surface area (Å²) in [5.74, 6) is 1.40. The fraction of sp³-hybridized carbons (Fsp3) is 0.667. The van der Waals surface area contributed by atoms with E-state index in [-0.39, 0.29) is 0 Å². The molecule has 1 saturated carbocycles. The second-order valence-corrected chi connectivity index (χ2v) is 5.02. The number of anilines is 1. The molecule has 0 bridgehead atoms. The van der Waals surface area contributed by atoms with Crippen LogP contribution in [0.5, 0.6) is 0 Å². The van der Waals surface area contributed by atoms with Gasteiger partial charge in [0.2, 0.25) is 0 Å². The molecule has 2 heterocycles. The van der Waals surface area contributed by atoms with E-state index in [2.05, 4.69) is 19.8 Å². The van der Waals surface area contributed by atoms with Crippen LogP contribution in [-0.4, -0.2) is 47.1 Å². The van der Waals surface area contributed by atoms with Gasteiger partial charge in [-0.3, -0.25) is 9.88 Å². The molecule has 0 aromatic carbocycles. The highest BCUT2D eigenvalue weighted by Gasteiger charge is 2.31. The predicted octanol–water partition coefficient (Wildman–Crippen LogP) is 1.50. The molecule has 2 aliphatic rings. The monoisotopic (exact) mass is 252 g/mol. The molecule has 92 valence electrons. The van der Waals surface area contributed by atoms with Crippen molar-refractivity contribution >= 4 is 17.4 Å². The first-order valence-electron chi connectivity index (χ1n) is 6.22. The first kappa shape index (κ1) is 11.2. The minimum absolute atomic E-state index is 0.433. The average Bonchev–Trinajstić information content (AvgIpc) is 3.23. The van der Waals surface area contributed by atoms with Crippen molar-refractivity contribution in [2.75, 3.05) is 31.1 Å². The molecule has 0 amide bonds. The van der Waals surface area contributed by atoms with Gasteiger partial charge < -0.3 is 4.90 Å². The third-order valence-electron chi connectivity index (χ3n) is 3.51. The van der Waals surface area contributed by atoms with Gasteiger partial charge in [0.15, 0.2) is 0 Å². The van der Waals surface area contributed by atoms with E-state index >= 15 is 0 Å². The van der Waals surface area contributed by atoms with Crippen LogP contribution in [0.4, 0.5) is 5.82 Å². The summed E-state index contributed by atoms with van der Waals surface area (Å²) in [7, 11) is 0. The Kier molecular flexibility index (Phi) is 3.16. The number of nitrogens with zero attached hydrogens (tertiary/aromatic N) is 4. The highest BCUT2D eigenvalue weighted by Crippen LogP contribution is 2.28. The number of rotatable bonds is 3. The third-order valence-corrected chi connectivity index (χ3v) is 3.78. The lowest BCUT2D eigenvalue weighted by Crippen LogP contribution is -2.47. The van der Waals surface area contributed by atoms with Gasteiger partial charge in [0.25, 0.3) is 0 Å². The van der Waals surface area contributed by atoms with Gasteiger partial charge in [-0.2, -0.15) is 0 Å². The lowest BCUT2D eigenvalue weighted by atomic mass is 10.3. The standard InChI is InChI=1S/C12H17ClN4/c13-7-10-8-14-9-12(15-10)17-5-3-16(4-6-17)11-1-2-11/h8-9,11H,1-7H2. The first-order chi connectivity index (χ1) is 8.36. The molecular weight excluding hydrogens is 236 g/mol. The maximum Gasteiger partial charge on any atom is 0.147 e. The van der Waals surface area contributed by atoms with Crippen LogP contribution >= 0.6 is 11.6 Å². The molecule has 0 N–H and O–H groups in total. The van der Waals surface area contributed by atoms with E-state index in [9.17, 15) is 0 Å². The average molecular weight is 253 g/mol. The number of aromatic nitrogens is 2. The molecule has 0 radical (unpaired) electrons. The van der Waals surface area contributed by atoms with Crippen LogP contribution in [0.1, 0.15) is 18.5 Å². The predicted molar refractivity (Wildman–Crippen MR) is 68.4 cm³/mol. The lowest BCUT2D eigenvalue weighted by Gasteiger charge is -2.35. The van der Waals surface area contributed by atoms with Crippen molar-refractivity contribution in [2.45, 2.75) is 24.8 Å². The minimum Gasteiger partial charge on any atom is -0.353 e. The van der Waals surface area contributed by atoms with Gasteiger partial charge in [-0.15, -0.1) is 11.6 Å². The zero-order valence-electron chi connectivity index (χ0n) is 9.85. The van der Waals surface area contributed by atoms with Crippen LogP contribution in [0.3, 0.4) is 0 Å². The fourth-order valence-electron chi connectivity index (χ4n) is 2.37. The molecule has 0 atom stereocenters. The van der Waals surface area contributed by atoms with Crippen LogP contribution in [-0.2, 0) is 5.88 Å². The van der Waals surface area contributed by atoms with Crippen molar-refractivity contribution in [3.05, 3.63) is 18.1 Å². The smallest absolute Gasteiger partial charge is 0.147 e. The fourth-order valence-corrected chi connectivity index (χ4v) is 2.50. The van der Waals surface area contributed by atoms with Crippen LogP contribution < -0.4 is 4.90 Å². The van der Waals surface area contributed by atoms with Crippen molar-refractivity contribution in [3.8, 4) is 0 Å². The summed E-state index contributed by atoms with van der Waals surface area (Å²) in [4.78, 5) is 13.6. The minimum atomic E-state index is 0.433. The molecule has 4 nitrogen and oxygen atoms in total.